The van der Waals surface area contributed by atoms with E-state index in [0.717, 1.165) is 26.1 Å². The minimum absolute atomic E-state index is 0.224. The van der Waals surface area contributed by atoms with Gasteiger partial charge in [-0.1, -0.05) is 6.92 Å². The molecule has 0 saturated carbocycles. The molecule has 0 atom stereocenters. The van der Waals surface area contributed by atoms with Gasteiger partial charge in [0.25, 0.3) is 0 Å². The summed E-state index contributed by atoms with van der Waals surface area (Å²) in [4.78, 5) is 10.7. The Balaban J connectivity index is 2.26. The zero-order chi connectivity index (χ0) is 11.1. The second-order valence-corrected chi connectivity index (χ2v) is 3.53. The van der Waals surface area contributed by atoms with Crippen LogP contribution in [-0.2, 0) is 14.3 Å². The fraction of sp³-hybridized carbons (Fsp3) is 0.727. The van der Waals surface area contributed by atoms with Gasteiger partial charge in [0.15, 0.2) is 0 Å². The summed E-state index contributed by atoms with van der Waals surface area (Å²) in [5, 5.41) is 8.77. The van der Waals surface area contributed by atoms with E-state index in [1.165, 1.54) is 0 Å². The van der Waals surface area contributed by atoms with Crippen molar-refractivity contribution in [1.82, 2.24) is 0 Å². The molecule has 0 bridgehead atoms. The summed E-state index contributed by atoms with van der Waals surface area (Å²) in [6, 6.07) is 0. The average molecular weight is 214 g/mol. The van der Waals surface area contributed by atoms with Gasteiger partial charge in [-0.3, -0.25) is 0 Å². The van der Waals surface area contributed by atoms with Crippen LogP contribution in [0.1, 0.15) is 26.2 Å². The highest BCUT2D eigenvalue weighted by atomic mass is 16.5. The molecule has 0 aliphatic carbocycles. The molecule has 86 valence electrons. The summed E-state index contributed by atoms with van der Waals surface area (Å²) in [6.07, 6.45) is 4.22. The number of ether oxygens (including phenoxy) is 2. The van der Waals surface area contributed by atoms with Gasteiger partial charge in [-0.2, -0.15) is 0 Å². The summed E-state index contributed by atoms with van der Waals surface area (Å²) in [7, 11) is 0. The number of hydrogen-bond acceptors (Lipinski definition) is 3. The number of carboxylic acid groups (broad SMARTS) is 1. The van der Waals surface area contributed by atoms with Gasteiger partial charge in [-0.25, -0.2) is 4.79 Å². The molecule has 1 fully saturated rings. The number of carboxylic acids is 1. The standard InChI is InChI=1S/C11H18O4/c1-2-9(11(12)13)3-8-15-10-4-6-14-7-5-10/h3,10H,2,4-8H2,1H3,(H,12,13). The minimum Gasteiger partial charge on any atom is -0.478 e. The molecule has 0 aromatic carbocycles. The van der Waals surface area contributed by atoms with E-state index in [9.17, 15) is 4.79 Å². The number of carbonyl (C=O) groups is 1. The quantitative estimate of drug-likeness (QED) is 0.706. The van der Waals surface area contributed by atoms with E-state index in [1.54, 1.807) is 6.08 Å². The van der Waals surface area contributed by atoms with Crippen molar-refractivity contribution in [3.05, 3.63) is 11.6 Å². The van der Waals surface area contributed by atoms with Crippen molar-refractivity contribution in [1.29, 1.82) is 0 Å². The highest BCUT2D eigenvalue weighted by Gasteiger charge is 2.13. The molecule has 1 N–H and O–H groups in total. The van der Waals surface area contributed by atoms with Crippen molar-refractivity contribution in [2.45, 2.75) is 32.3 Å². The van der Waals surface area contributed by atoms with E-state index in [1.807, 2.05) is 6.92 Å². The summed E-state index contributed by atoms with van der Waals surface area (Å²) in [5.41, 5.74) is 0.419. The fourth-order valence-corrected chi connectivity index (χ4v) is 1.51. The highest BCUT2D eigenvalue weighted by Crippen LogP contribution is 2.11. The second kappa shape index (κ2) is 6.58. The molecular formula is C11H18O4. The number of aliphatic carboxylic acids is 1. The van der Waals surface area contributed by atoms with E-state index in [0.29, 0.717) is 18.6 Å². The molecule has 0 unspecified atom stereocenters. The number of hydrogen-bond donors (Lipinski definition) is 1. The van der Waals surface area contributed by atoms with Crippen LogP contribution in [0.2, 0.25) is 0 Å². The van der Waals surface area contributed by atoms with Crippen LogP contribution in [0.4, 0.5) is 0 Å². The summed E-state index contributed by atoms with van der Waals surface area (Å²) >= 11 is 0. The predicted molar refractivity (Wildman–Crippen MR) is 55.8 cm³/mol. The molecule has 4 heteroatoms. The van der Waals surface area contributed by atoms with Gasteiger partial charge in [-0.05, 0) is 25.3 Å². The van der Waals surface area contributed by atoms with Gasteiger partial charge in [0.1, 0.15) is 0 Å². The van der Waals surface area contributed by atoms with Gasteiger partial charge >= 0.3 is 5.97 Å². The van der Waals surface area contributed by atoms with Crippen molar-refractivity contribution in [3.8, 4) is 0 Å². The summed E-state index contributed by atoms with van der Waals surface area (Å²) < 4.78 is 10.7. The van der Waals surface area contributed by atoms with Crippen LogP contribution in [0, 0.1) is 0 Å². The molecule has 0 aromatic heterocycles. The molecule has 0 aromatic rings. The number of rotatable bonds is 5. The van der Waals surface area contributed by atoms with Crippen molar-refractivity contribution in [3.63, 3.8) is 0 Å². The molecular weight excluding hydrogens is 196 g/mol. The van der Waals surface area contributed by atoms with Gasteiger partial charge in [0.05, 0.1) is 12.7 Å². The largest absolute Gasteiger partial charge is 0.478 e. The highest BCUT2D eigenvalue weighted by molar-refractivity contribution is 5.86. The molecule has 0 radical (unpaired) electrons. The van der Waals surface area contributed by atoms with E-state index in [-0.39, 0.29) is 6.10 Å². The van der Waals surface area contributed by atoms with Crippen LogP contribution in [0.5, 0.6) is 0 Å². The average Bonchev–Trinajstić information content (AvgIpc) is 2.25. The molecule has 0 amide bonds. The summed E-state index contributed by atoms with van der Waals surface area (Å²) in [6.45, 7) is 3.70. The van der Waals surface area contributed by atoms with Crippen molar-refractivity contribution >= 4 is 5.97 Å². The molecule has 1 aliphatic heterocycles. The first-order valence-corrected chi connectivity index (χ1v) is 5.35. The third-order valence-electron chi connectivity index (χ3n) is 2.49. The van der Waals surface area contributed by atoms with Crippen LogP contribution in [0.15, 0.2) is 11.6 Å². The Hall–Kier alpha value is -0.870. The van der Waals surface area contributed by atoms with E-state index in [2.05, 4.69) is 0 Å². The minimum atomic E-state index is -0.854. The van der Waals surface area contributed by atoms with E-state index >= 15 is 0 Å². The SMILES string of the molecule is CCC(=CCOC1CCOCC1)C(=O)O. The lowest BCUT2D eigenvalue weighted by molar-refractivity contribution is -0.132. The molecule has 1 saturated heterocycles. The molecule has 1 aliphatic rings. The molecule has 0 spiro atoms. The Kier molecular flexibility index (Phi) is 5.36. The molecule has 4 nitrogen and oxygen atoms in total. The van der Waals surface area contributed by atoms with Crippen LogP contribution < -0.4 is 0 Å². The van der Waals surface area contributed by atoms with E-state index < -0.39 is 5.97 Å². The normalized spacial score (nSPS) is 19.1. The van der Waals surface area contributed by atoms with Crippen molar-refractivity contribution < 1.29 is 19.4 Å². The Bertz CT molecular complexity index is 229. The maximum Gasteiger partial charge on any atom is 0.331 e. The van der Waals surface area contributed by atoms with Gasteiger partial charge in [0.2, 0.25) is 0 Å². The maximum absolute atomic E-state index is 10.7. The molecule has 1 heterocycles. The van der Waals surface area contributed by atoms with Crippen molar-refractivity contribution in [2.24, 2.45) is 0 Å². The lowest BCUT2D eigenvalue weighted by atomic mass is 10.1. The molecule has 1 rings (SSSR count). The first kappa shape index (κ1) is 12.2. The topological polar surface area (TPSA) is 55.8 Å². The maximum atomic E-state index is 10.7. The predicted octanol–water partition coefficient (Wildman–Crippen LogP) is 1.60. The first-order valence-electron chi connectivity index (χ1n) is 5.35. The Morgan fingerprint density at radius 2 is 2.20 bits per heavy atom. The second-order valence-electron chi connectivity index (χ2n) is 3.53. The van der Waals surface area contributed by atoms with Gasteiger partial charge in [0, 0.05) is 18.8 Å². The smallest absolute Gasteiger partial charge is 0.331 e. The zero-order valence-electron chi connectivity index (χ0n) is 9.07. The Labute approximate surface area is 89.9 Å². The fourth-order valence-electron chi connectivity index (χ4n) is 1.51. The lowest BCUT2D eigenvalue weighted by Gasteiger charge is -2.21. The van der Waals surface area contributed by atoms with E-state index in [4.69, 9.17) is 14.6 Å². The van der Waals surface area contributed by atoms with Crippen molar-refractivity contribution in [2.75, 3.05) is 19.8 Å². The Morgan fingerprint density at radius 3 is 2.73 bits per heavy atom. The van der Waals surface area contributed by atoms with Crippen LogP contribution in [0.3, 0.4) is 0 Å². The monoisotopic (exact) mass is 214 g/mol. The zero-order valence-corrected chi connectivity index (χ0v) is 9.07. The first-order chi connectivity index (χ1) is 7.24. The third-order valence-corrected chi connectivity index (χ3v) is 2.49. The third kappa shape index (κ3) is 4.44. The summed E-state index contributed by atoms with van der Waals surface area (Å²) in [5.74, 6) is -0.854. The Morgan fingerprint density at radius 1 is 1.53 bits per heavy atom. The molecule has 15 heavy (non-hydrogen) atoms. The van der Waals surface area contributed by atoms with Crippen LogP contribution in [-0.4, -0.2) is 37.0 Å². The van der Waals surface area contributed by atoms with Gasteiger partial charge in [-0.15, -0.1) is 0 Å². The van der Waals surface area contributed by atoms with Gasteiger partial charge < -0.3 is 14.6 Å². The van der Waals surface area contributed by atoms with Crippen LogP contribution in [0.25, 0.3) is 0 Å². The lowest BCUT2D eigenvalue weighted by Crippen LogP contribution is -2.23. The van der Waals surface area contributed by atoms with Crippen LogP contribution >= 0.6 is 0 Å².